The molecule has 9 nitrogen and oxygen atoms in total. The maximum Gasteiger partial charge on any atom is 0.319 e. The average Bonchev–Trinajstić information content (AvgIpc) is 2.81. The van der Waals surface area contributed by atoms with Gasteiger partial charge in [-0.1, -0.05) is 42.5 Å². The molecule has 0 radical (unpaired) electrons. The number of fused-ring (bicyclic) bond motifs is 1. The van der Waals surface area contributed by atoms with E-state index in [2.05, 4.69) is 4.72 Å². The molecule has 0 fully saturated rings. The lowest BCUT2D eigenvalue weighted by Crippen LogP contribution is -2.17. The van der Waals surface area contributed by atoms with Gasteiger partial charge in [-0.2, -0.15) is 0 Å². The zero-order chi connectivity index (χ0) is 25.2. The molecular weight excluding hydrogens is 494 g/mol. The molecule has 4 aromatic rings. The van der Waals surface area contributed by atoms with Crippen molar-refractivity contribution in [3.8, 4) is 17.2 Å². The lowest BCUT2D eigenvalue weighted by atomic mass is 10.1. The van der Waals surface area contributed by atoms with Crippen molar-refractivity contribution in [2.45, 2.75) is 9.79 Å². The van der Waals surface area contributed by atoms with E-state index in [9.17, 15) is 26.7 Å². The molecule has 4 aromatic carbocycles. The van der Waals surface area contributed by atoms with Crippen molar-refractivity contribution in [3.63, 3.8) is 0 Å². The molecule has 0 heterocycles. The van der Waals surface area contributed by atoms with E-state index in [1.54, 1.807) is 30.3 Å². The predicted octanol–water partition coefficient (Wildman–Crippen LogP) is 4.00. The second-order valence-electron chi connectivity index (χ2n) is 7.46. The SMILES string of the molecule is O=C(O)CS(=O)(=O)c1cc(NS(=O)(=O)c2ccc(Oc3ccccc3)cc2)c2ccccc2c1O. The van der Waals surface area contributed by atoms with E-state index in [0.717, 1.165) is 6.07 Å². The number of phenolic OH excluding ortho intramolecular Hbond substituents is 1. The van der Waals surface area contributed by atoms with Crippen LogP contribution in [-0.4, -0.2) is 38.8 Å². The minimum Gasteiger partial charge on any atom is -0.506 e. The third kappa shape index (κ3) is 5.20. The van der Waals surface area contributed by atoms with E-state index in [0.29, 0.717) is 11.5 Å². The van der Waals surface area contributed by atoms with Gasteiger partial charge in [0.15, 0.2) is 15.6 Å². The van der Waals surface area contributed by atoms with Gasteiger partial charge in [0, 0.05) is 10.8 Å². The summed E-state index contributed by atoms with van der Waals surface area (Å²) in [6.07, 6.45) is 0. The maximum absolute atomic E-state index is 13.1. The van der Waals surface area contributed by atoms with Crippen LogP contribution in [0.4, 0.5) is 5.69 Å². The highest BCUT2D eigenvalue weighted by molar-refractivity contribution is 7.93. The van der Waals surface area contributed by atoms with Gasteiger partial charge in [0.05, 0.1) is 10.6 Å². The highest BCUT2D eigenvalue weighted by Crippen LogP contribution is 2.38. The summed E-state index contributed by atoms with van der Waals surface area (Å²) in [5.74, 6) is -2.56. The molecular formula is C24H19NO8S2. The maximum atomic E-state index is 13.1. The summed E-state index contributed by atoms with van der Waals surface area (Å²) in [4.78, 5) is 10.2. The molecule has 0 saturated carbocycles. The summed E-state index contributed by atoms with van der Waals surface area (Å²) in [5, 5.41) is 19.8. The zero-order valence-electron chi connectivity index (χ0n) is 18.0. The molecule has 0 spiro atoms. The first-order chi connectivity index (χ1) is 16.6. The number of carboxylic acid groups (broad SMARTS) is 1. The van der Waals surface area contributed by atoms with Crippen LogP contribution >= 0.6 is 0 Å². The molecule has 0 aliphatic carbocycles. The number of nitrogens with one attached hydrogen (secondary N) is 1. The second kappa shape index (κ2) is 9.28. The van der Waals surface area contributed by atoms with E-state index in [1.165, 1.54) is 42.5 Å². The van der Waals surface area contributed by atoms with Gasteiger partial charge < -0.3 is 14.9 Å². The van der Waals surface area contributed by atoms with Crippen LogP contribution in [0.15, 0.2) is 94.7 Å². The number of benzene rings is 4. The van der Waals surface area contributed by atoms with Crippen molar-refractivity contribution in [1.29, 1.82) is 0 Å². The molecule has 0 atom stereocenters. The van der Waals surface area contributed by atoms with Gasteiger partial charge in [-0.25, -0.2) is 16.8 Å². The minimum atomic E-state index is -4.46. The predicted molar refractivity (Wildman–Crippen MR) is 129 cm³/mol. The van der Waals surface area contributed by atoms with Gasteiger partial charge in [0.2, 0.25) is 0 Å². The number of anilines is 1. The van der Waals surface area contributed by atoms with Crippen molar-refractivity contribution in [2.24, 2.45) is 0 Å². The summed E-state index contributed by atoms with van der Waals surface area (Å²) in [6, 6.07) is 21.4. The smallest absolute Gasteiger partial charge is 0.319 e. The first kappa shape index (κ1) is 24.0. The number of hydrogen-bond donors (Lipinski definition) is 3. The normalized spacial score (nSPS) is 11.8. The Morgan fingerprint density at radius 2 is 1.37 bits per heavy atom. The fourth-order valence-corrected chi connectivity index (χ4v) is 5.66. The van der Waals surface area contributed by atoms with Gasteiger partial charge in [-0.3, -0.25) is 9.52 Å². The lowest BCUT2D eigenvalue weighted by molar-refractivity contribution is -0.134. The van der Waals surface area contributed by atoms with Crippen LogP contribution in [-0.2, 0) is 24.7 Å². The number of ether oxygens (including phenoxy) is 1. The first-order valence-corrected chi connectivity index (χ1v) is 13.3. The van der Waals surface area contributed by atoms with Gasteiger partial charge >= 0.3 is 5.97 Å². The summed E-state index contributed by atoms with van der Waals surface area (Å²) >= 11 is 0. The van der Waals surface area contributed by atoms with Crippen LogP contribution in [0.2, 0.25) is 0 Å². The highest BCUT2D eigenvalue weighted by atomic mass is 32.2. The Hall–Kier alpha value is -4.09. The van der Waals surface area contributed by atoms with Crippen LogP contribution in [0, 0.1) is 0 Å². The Bertz CT molecular complexity index is 1620. The number of hydrogen-bond acceptors (Lipinski definition) is 7. The van der Waals surface area contributed by atoms with Crippen LogP contribution in [0.1, 0.15) is 0 Å². The second-order valence-corrected chi connectivity index (χ2v) is 11.1. The number of sulfonamides is 1. The van der Waals surface area contributed by atoms with Gasteiger partial charge in [0.1, 0.15) is 22.1 Å². The number of phenols is 1. The van der Waals surface area contributed by atoms with E-state index in [-0.39, 0.29) is 21.4 Å². The van der Waals surface area contributed by atoms with Crippen LogP contribution in [0.5, 0.6) is 17.2 Å². The first-order valence-electron chi connectivity index (χ1n) is 10.1. The number of aromatic hydroxyl groups is 1. The van der Waals surface area contributed by atoms with E-state index in [4.69, 9.17) is 9.84 Å². The molecule has 0 aromatic heterocycles. The number of rotatable bonds is 8. The number of carboxylic acids is 1. The van der Waals surface area contributed by atoms with E-state index >= 15 is 0 Å². The van der Waals surface area contributed by atoms with Crippen molar-refractivity contribution < 1.29 is 36.6 Å². The van der Waals surface area contributed by atoms with Crippen molar-refractivity contribution in [3.05, 3.63) is 84.9 Å². The fourth-order valence-electron chi connectivity index (χ4n) is 3.41. The molecule has 3 N–H and O–H groups in total. The number of carbonyl (C=O) groups is 1. The van der Waals surface area contributed by atoms with Crippen molar-refractivity contribution in [2.75, 3.05) is 10.5 Å². The van der Waals surface area contributed by atoms with Crippen molar-refractivity contribution in [1.82, 2.24) is 0 Å². The minimum absolute atomic E-state index is 0.0447. The fraction of sp³-hybridized carbons (Fsp3) is 0.0417. The third-order valence-corrected chi connectivity index (χ3v) is 7.98. The van der Waals surface area contributed by atoms with Crippen LogP contribution in [0.25, 0.3) is 10.8 Å². The molecule has 0 saturated heterocycles. The van der Waals surface area contributed by atoms with Crippen LogP contribution in [0.3, 0.4) is 0 Å². The summed E-state index contributed by atoms with van der Waals surface area (Å²) in [5.41, 5.74) is -0.132. The standard InChI is InChI=1S/C24H19NO8S2/c26-23(27)15-34(29,30)22-14-21(19-8-4-5-9-20(19)24(22)28)25-35(31,32)18-12-10-17(11-13-18)33-16-6-2-1-3-7-16/h1-14,25,28H,15H2,(H,26,27). The van der Waals surface area contributed by atoms with Crippen LogP contribution < -0.4 is 9.46 Å². The molecule has 0 aliphatic heterocycles. The van der Waals surface area contributed by atoms with Gasteiger partial charge in [-0.15, -0.1) is 0 Å². The largest absolute Gasteiger partial charge is 0.506 e. The molecule has 4 rings (SSSR count). The van der Waals surface area contributed by atoms with Gasteiger partial charge in [-0.05, 0) is 42.5 Å². The Labute approximate surface area is 201 Å². The Morgan fingerprint density at radius 3 is 2.00 bits per heavy atom. The summed E-state index contributed by atoms with van der Waals surface area (Å²) < 4.78 is 59.3. The van der Waals surface area contributed by atoms with Gasteiger partial charge in [0.25, 0.3) is 10.0 Å². The average molecular weight is 514 g/mol. The molecule has 0 unspecified atom stereocenters. The summed E-state index contributed by atoms with van der Waals surface area (Å²) in [6.45, 7) is 0. The third-order valence-electron chi connectivity index (χ3n) is 4.99. The molecule has 0 amide bonds. The Kier molecular flexibility index (Phi) is 6.37. The number of sulfone groups is 1. The van der Waals surface area contributed by atoms with E-state index in [1.807, 2.05) is 6.07 Å². The van der Waals surface area contributed by atoms with Crippen molar-refractivity contribution >= 4 is 42.3 Å². The highest BCUT2D eigenvalue weighted by Gasteiger charge is 2.26. The lowest BCUT2D eigenvalue weighted by Gasteiger charge is -2.15. The molecule has 11 heteroatoms. The topological polar surface area (TPSA) is 147 Å². The summed E-state index contributed by atoms with van der Waals surface area (Å²) in [7, 11) is -8.65. The van der Waals surface area contributed by atoms with E-state index < -0.39 is 42.2 Å². The Morgan fingerprint density at radius 1 is 0.800 bits per heavy atom. The monoisotopic (exact) mass is 513 g/mol. The molecule has 35 heavy (non-hydrogen) atoms. The number of aliphatic carboxylic acids is 1. The number of para-hydroxylation sites is 1. The Balaban J connectivity index is 1.71. The molecule has 180 valence electrons. The zero-order valence-corrected chi connectivity index (χ0v) is 19.6. The molecule has 0 bridgehead atoms. The quantitative estimate of drug-likeness (QED) is 0.300. The molecule has 0 aliphatic rings.